The summed E-state index contributed by atoms with van der Waals surface area (Å²) in [6.07, 6.45) is 9.85. The van der Waals surface area contributed by atoms with Crippen LogP contribution in [0.3, 0.4) is 0 Å². The van der Waals surface area contributed by atoms with Gasteiger partial charge in [0.25, 0.3) is 0 Å². The Bertz CT molecular complexity index is 514. The van der Waals surface area contributed by atoms with Gasteiger partial charge in [-0.1, -0.05) is 39.5 Å². The Kier molecular flexibility index (Phi) is 11.1. The number of nitrogens with zero attached hydrogens (tertiary/aromatic N) is 4. The molecule has 1 aliphatic heterocycles. The molecule has 1 aromatic rings. The summed E-state index contributed by atoms with van der Waals surface area (Å²) in [5.74, 6) is 3.73. The molecule has 0 aromatic carbocycles. The van der Waals surface area contributed by atoms with Crippen molar-refractivity contribution in [3.8, 4) is 0 Å². The number of hydrogen-bond donors (Lipinski definition) is 2. The lowest BCUT2D eigenvalue weighted by molar-refractivity contribution is 0.443. The topological polar surface area (TPSA) is 67.1 Å². The van der Waals surface area contributed by atoms with E-state index in [0.717, 1.165) is 37.1 Å². The first kappa shape index (κ1) is 22.2. The first-order valence-electron chi connectivity index (χ1n) is 9.63. The second kappa shape index (κ2) is 12.5. The van der Waals surface area contributed by atoms with Gasteiger partial charge in [0.15, 0.2) is 11.8 Å². The third kappa shape index (κ3) is 7.11. The van der Waals surface area contributed by atoms with Crippen molar-refractivity contribution in [1.29, 1.82) is 0 Å². The Morgan fingerprint density at radius 2 is 2.04 bits per heavy atom. The molecule has 7 heteroatoms. The number of unbranched alkanes of at least 4 members (excludes halogenated alkanes) is 1. The number of guanidine groups is 1. The number of aliphatic imine (C=N–C) groups is 1. The van der Waals surface area contributed by atoms with E-state index in [0.29, 0.717) is 12.5 Å². The average molecular weight is 462 g/mol. The van der Waals surface area contributed by atoms with Crippen molar-refractivity contribution >= 4 is 29.9 Å². The molecule has 2 rings (SSSR count). The molecule has 2 heterocycles. The molecule has 0 spiro atoms. The molecular weight excluding hydrogens is 427 g/mol. The maximum atomic E-state index is 4.37. The predicted octanol–water partition coefficient (Wildman–Crippen LogP) is 3.50. The van der Waals surface area contributed by atoms with Crippen LogP contribution in [0, 0.1) is 5.92 Å². The smallest absolute Gasteiger partial charge is 0.191 e. The van der Waals surface area contributed by atoms with Crippen molar-refractivity contribution in [2.24, 2.45) is 10.9 Å². The van der Waals surface area contributed by atoms with E-state index >= 15 is 0 Å². The second-order valence-electron chi connectivity index (χ2n) is 6.72. The average Bonchev–Trinajstić information content (AvgIpc) is 2.84. The van der Waals surface area contributed by atoms with E-state index in [1.165, 1.54) is 44.9 Å². The minimum absolute atomic E-state index is 0. The van der Waals surface area contributed by atoms with Crippen molar-refractivity contribution in [1.82, 2.24) is 25.4 Å². The highest BCUT2D eigenvalue weighted by Crippen LogP contribution is 2.14. The summed E-state index contributed by atoms with van der Waals surface area (Å²) in [6.45, 7) is 7.22. The van der Waals surface area contributed by atoms with Gasteiger partial charge in [-0.3, -0.25) is 4.99 Å². The highest BCUT2D eigenvalue weighted by molar-refractivity contribution is 14.0. The lowest BCUT2D eigenvalue weighted by Gasteiger charge is -2.18. The maximum absolute atomic E-state index is 4.37. The van der Waals surface area contributed by atoms with Crippen LogP contribution in [0.4, 0.5) is 0 Å². The molecule has 0 saturated heterocycles. The van der Waals surface area contributed by atoms with Crippen molar-refractivity contribution in [3.05, 3.63) is 11.6 Å². The van der Waals surface area contributed by atoms with Crippen LogP contribution in [0.2, 0.25) is 0 Å². The lowest BCUT2D eigenvalue weighted by Crippen LogP contribution is -2.39. The van der Waals surface area contributed by atoms with Crippen LogP contribution in [0.5, 0.6) is 0 Å². The quantitative estimate of drug-likeness (QED) is 0.353. The summed E-state index contributed by atoms with van der Waals surface area (Å²) < 4.78 is 2.28. The summed E-state index contributed by atoms with van der Waals surface area (Å²) in [5.41, 5.74) is 0. The minimum Gasteiger partial charge on any atom is -0.356 e. The first-order valence-corrected chi connectivity index (χ1v) is 9.63. The Morgan fingerprint density at radius 1 is 1.20 bits per heavy atom. The van der Waals surface area contributed by atoms with E-state index in [1.54, 1.807) is 0 Å². The van der Waals surface area contributed by atoms with Gasteiger partial charge in [-0.2, -0.15) is 0 Å². The third-order valence-corrected chi connectivity index (χ3v) is 4.93. The van der Waals surface area contributed by atoms with E-state index in [1.807, 2.05) is 7.05 Å². The van der Waals surface area contributed by atoms with Crippen LogP contribution in [-0.2, 0) is 19.5 Å². The number of fused-ring (bicyclic) bond motifs is 1. The summed E-state index contributed by atoms with van der Waals surface area (Å²) in [4.78, 5) is 4.34. The minimum atomic E-state index is 0. The summed E-state index contributed by atoms with van der Waals surface area (Å²) in [5, 5.41) is 15.6. The number of nitrogens with one attached hydrogen (secondary N) is 2. The monoisotopic (exact) mass is 462 g/mol. The number of aromatic nitrogens is 3. The second-order valence-corrected chi connectivity index (χ2v) is 6.72. The van der Waals surface area contributed by atoms with E-state index in [4.69, 9.17) is 0 Å². The van der Waals surface area contributed by atoms with Crippen LogP contribution in [0.15, 0.2) is 4.99 Å². The van der Waals surface area contributed by atoms with E-state index in [2.05, 4.69) is 44.2 Å². The Hall–Kier alpha value is -0.860. The zero-order chi connectivity index (χ0) is 17.2. The number of hydrogen-bond acceptors (Lipinski definition) is 3. The van der Waals surface area contributed by atoms with Crippen LogP contribution >= 0.6 is 24.0 Å². The molecule has 0 saturated carbocycles. The van der Waals surface area contributed by atoms with Gasteiger partial charge in [-0.05, 0) is 25.2 Å². The summed E-state index contributed by atoms with van der Waals surface area (Å²) in [7, 11) is 1.83. The molecule has 25 heavy (non-hydrogen) atoms. The molecule has 0 aliphatic carbocycles. The molecule has 1 unspecified atom stereocenters. The van der Waals surface area contributed by atoms with Crippen molar-refractivity contribution in [2.75, 3.05) is 13.6 Å². The normalized spacial score (nSPS) is 15.7. The van der Waals surface area contributed by atoms with Crippen molar-refractivity contribution in [3.63, 3.8) is 0 Å². The van der Waals surface area contributed by atoms with E-state index in [-0.39, 0.29) is 24.0 Å². The van der Waals surface area contributed by atoms with E-state index in [9.17, 15) is 0 Å². The molecule has 144 valence electrons. The van der Waals surface area contributed by atoms with Gasteiger partial charge in [0, 0.05) is 26.6 Å². The zero-order valence-corrected chi connectivity index (χ0v) is 18.4. The molecule has 1 aromatic heterocycles. The van der Waals surface area contributed by atoms with Gasteiger partial charge in [-0.25, -0.2) is 0 Å². The molecule has 0 radical (unpaired) electrons. The molecule has 0 fully saturated rings. The fourth-order valence-electron chi connectivity index (χ4n) is 3.24. The molecular formula is C18H35IN6. The molecule has 0 amide bonds. The van der Waals surface area contributed by atoms with Crippen molar-refractivity contribution in [2.45, 2.75) is 78.3 Å². The first-order chi connectivity index (χ1) is 11.8. The van der Waals surface area contributed by atoms with Crippen LogP contribution in [0.25, 0.3) is 0 Å². The Labute approximate surface area is 169 Å². The van der Waals surface area contributed by atoms with Crippen LogP contribution in [-0.4, -0.2) is 34.3 Å². The maximum Gasteiger partial charge on any atom is 0.191 e. The van der Waals surface area contributed by atoms with Gasteiger partial charge in [0.05, 0.1) is 6.54 Å². The number of rotatable bonds is 8. The highest BCUT2D eigenvalue weighted by atomic mass is 127. The van der Waals surface area contributed by atoms with Gasteiger partial charge in [-0.15, -0.1) is 34.2 Å². The third-order valence-electron chi connectivity index (χ3n) is 4.93. The highest BCUT2D eigenvalue weighted by Gasteiger charge is 2.15. The lowest BCUT2D eigenvalue weighted by atomic mass is 9.99. The largest absolute Gasteiger partial charge is 0.356 e. The van der Waals surface area contributed by atoms with Gasteiger partial charge in [0.2, 0.25) is 0 Å². The van der Waals surface area contributed by atoms with Gasteiger partial charge < -0.3 is 15.2 Å². The number of halogens is 1. The van der Waals surface area contributed by atoms with E-state index < -0.39 is 0 Å². The Morgan fingerprint density at radius 3 is 2.76 bits per heavy atom. The molecule has 6 nitrogen and oxygen atoms in total. The summed E-state index contributed by atoms with van der Waals surface area (Å²) >= 11 is 0. The molecule has 0 bridgehead atoms. The predicted molar refractivity (Wildman–Crippen MR) is 114 cm³/mol. The standard InChI is InChI=1S/C18H34N6.HI/c1-4-6-10-15(5-2)13-20-18(19-3)21-14-17-23-22-16-11-8-7-9-12-24(16)17;/h15H,4-14H2,1-3H3,(H2,19,20,21);1H. The Balaban J connectivity index is 0.00000312. The SMILES string of the molecule is CCCCC(CC)CNC(=NC)NCc1nnc2n1CCCCC2.I. The summed E-state index contributed by atoms with van der Waals surface area (Å²) in [6, 6.07) is 0. The van der Waals surface area contributed by atoms with Crippen LogP contribution < -0.4 is 10.6 Å². The van der Waals surface area contributed by atoms with Gasteiger partial charge in [0.1, 0.15) is 5.82 Å². The van der Waals surface area contributed by atoms with Crippen LogP contribution in [0.1, 0.15) is 70.4 Å². The molecule has 2 N–H and O–H groups in total. The van der Waals surface area contributed by atoms with Gasteiger partial charge >= 0.3 is 0 Å². The fraction of sp³-hybridized carbons (Fsp3) is 0.833. The zero-order valence-electron chi connectivity index (χ0n) is 16.1. The van der Waals surface area contributed by atoms with Crippen molar-refractivity contribution < 1.29 is 0 Å². The number of aryl methyl sites for hydroxylation is 1. The molecule has 1 atom stereocenters. The molecule has 1 aliphatic rings. The fourth-order valence-corrected chi connectivity index (χ4v) is 3.24.